The van der Waals surface area contributed by atoms with E-state index in [4.69, 9.17) is 0 Å². The Kier molecular flexibility index (Phi) is 5.45. The second-order valence-corrected chi connectivity index (χ2v) is 4.44. The van der Waals surface area contributed by atoms with Crippen molar-refractivity contribution in [3.8, 4) is 0 Å². The quantitative estimate of drug-likeness (QED) is 0.570. The van der Waals surface area contributed by atoms with Crippen molar-refractivity contribution in [2.75, 3.05) is 13.1 Å². The van der Waals surface area contributed by atoms with Gasteiger partial charge >= 0.3 is 0 Å². The molecule has 0 N–H and O–H groups in total. The van der Waals surface area contributed by atoms with Crippen molar-refractivity contribution in [1.29, 1.82) is 0 Å². The molecule has 1 rings (SSSR count). The highest BCUT2D eigenvalue weighted by Gasteiger charge is 2.18. The largest absolute Gasteiger partial charge is 0.301 e. The maximum atomic E-state index is 2.66. The Bertz CT molecular complexity index is 122. The normalized spacial score (nSPS) is 24.0. The molecule has 0 aromatic carbocycles. The highest BCUT2D eigenvalue weighted by Crippen LogP contribution is 2.17. The first-order valence-corrected chi connectivity index (χ1v) is 6.08. The van der Waals surface area contributed by atoms with Crippen LogP contribution >= 0.6 is 0 Å². The number of rotatable bonds is 6. The van der Waals surface area contributed by atoms with Crippen molar-refractivity contribution in [3.05, 3.63) is 0 Å². The Hall–Kier alpha value is -0.0400. The summed E-state index contributed by atoms with van der Waals surface area (Å²) >= 11 is 0. The molecule has 0 aromatic rings. The predicted molar refractivity (Wildman–Crippen MR) is 59.0 cm³/mol. The number of hydrogen-bond donors (Lipinski definition) is 0. The van der Waals surface area contributed by atoms with Crippen molar-refractivity contribution < 1.29 is 0 Å². The van der Waals surface area contributed by atoms with Crippen LogP contribution in [0, 0.1) is 0 Å². The van der Waals surface area contributed by atoms with Crippen molar-refractivity contribution in [1.82, 2.24) is 4.90 Å². The first kappa shape index (κ1) is 11.0. The lowest BCUT2D eigenvalue weighted by Crippen LogP contribution is -2.27. The summed E-state index contributed by atoms with van der Waals surface area (Å²) in [4.78, 5) is 2.66. The maximum absolute atomic E-state index is 2.66. The molecule has 0 saturated carbocycles. The Morgan fingerprint density at radius 3 is 2.54 bits per heavy atom. The molecule has 1 unspecified atom stereocenters. The maximum Gasteiger partial charge on any atom is 0.00674 e. The van der Waals surface area contributed by atoms with E-state index in [9.17, 15) is 0 Å². The molecule has 1 aliphatic rings. The third kappa shape index (κ3) is 4.12. The zero-order valence-electron chi connectivity index (χ0n) is 9.39. The average Bonchev–Trinajstić information content (AvgIpc) is 2.52. The number of hydrogen-bond acceptors (Lipinski definition) is 1. The fourth-order valence-electron chi connectivity index (χ4n) is 2.24. The summed E-state index contributed by atoms with van der Waals surface area (Å²) in [5.41, 5.74) is 0. The van der Waals surface area contributed by atoms with Crippen molar-refractivity contribution in [2.24, 2.45) is 0 Å². The minimum atomic E-state index is 0.867. The van der Waals surface area contributed by atoms with E-state index in [0.717, 1.165) is 6.04 Å². The first-order chi connectivity index (χ1) is 6.34. The molecule has 0 aliphatic carbocycles. The zero-order valence-corrected chi connectivity index (χ0v) is 9.39. The van der Waals surface area contributed by atoms with Gasteiger partial charge in [-0.15, -0.1) is 0 Å². The summed E-state index contributed by atoms with van der Waals surface area (Å²) in [6.07, 6.45) is 9.95. The van der Waals surface area contributed by atoms with Crippen molar-refractivity contribution >= 4 is 0 Å². The second kappa shape index (κ2) is 6.42. The van der Waals surface area contributed by atoms with Gasteiger partial charge in [-0.2, -0.15) is 0 Å². The van der Waals surface area contributed by atoms with E-state index in [2.05, 4.69) is 18.7 Å². The number of likely N-dealkylation sites (tertiary alicyclic amines) is 1. The van der Waals surface area contributed by atoms with E-state index in [-0.39, 0.29) is 0 Å². The molecular weight excluding hydrogens is 158 g/mol. The molecule has 0 amide bonds. The summed E-state index contributed by atoms with van der Waals surface area (Å²) in [7, 11) is 0. The summed E-state index contributed by atoms with van der Waals surface area (Å²) < 4.78 is 0. The van der Waals surface area contributed by atoms with Gasteiger partial charge in [0.05, 0.1) is 0 Å². The van der Waals surface area contributed by atoms with Crippen LogP contribution in [-0.2, 0) is 0 Å². The molecule has 1 heterocycles. The molecule has 1 heteroatoms. The summed E-state index contributed by atoms with van der Waals surface area (Å²) in [6.45, 7) is 7.36. The van der Waals surface area contributed by atoms with Gasteiger partial charge in [-0.25, -0.2) is 0 Å². The molecule has 1 atom stereocenters. The topological polar surface area (TPSA) is 3.24 Å². The van der Waals surface area contributed by atoms with Gasteiger partial charge in [0.25, 0.3) is 0 Å². The lowest BCUT2D eigenvalue weighted by atomic mass is 10.1. The smallest absolute Gasteiger partial charge is 0.00674 e. The molecular formula is C12H25N. The van der Waals surface area contributed by atoms with Crippen LogP contribution in [0.3, 0.4) is 0 Å². The number of nitrogens with zero attached hydrogens (tertiary/aromatic N) is 1. The van der Waals surface area contributed by atoms with E-state index in [1.807, 2.05) is 0 Å². The predicted octanol–water partition coefficient (Wildman–Crippen LogP) is 3.44. The molecule has 0 radical (unpaired) electrons. The highest BCUT2D eigenvalue weighted by molar-refractivity contribution is 4.74. The Morgan fingerprint density at radius 2 is 1.92 bits per heavy atom. The van der Waals surface area contributed by atoms with E-state index >= 15 is 0 Å². The molecule has 0 bridgehead atoms. The molecule has 78 valence electrons. The monoisotopic (exact) mass is 183 g/mol. The van der Waals surface area contributed by atoms with Crippen molar-refractivity contribution in [2.45, 2.75) is 64.8 Å². The van der Waals surface area contributed by atoms with Gasteiger partial charge in [0.1, 0.15) is 0 Å². The standard InChI is InChI=1S/C12H25N/c1-3-4-5-6-7-10-13-11-8-9-12(13)2/h12H,3-11H2,1-2H3. The Labute approximate surface area is 83.5 Å². The number of unbranched alkanes of at least 4 members (excludes halogenated alkanes) is 4. The van der Waals surface area contributed by atoms with Gasteiger partial charge in [0.2, 0.25) is 0 Å². The van der Waals surface area contributed by atoms with Crippen LogP contribution in [0.4, 0.5) is 0 Å². The summed E-state index contributed by atoms with van der Waals surface area (Å²) in [5, 5.41) is 0. The summed E-state index contributed by atoms with van der Waals surface area (Å²) in [5.74, 6) is 0. The van der Waals surface area contributed by atoms with Crippen LogP contribution in [0.15, 0.2) is 0 Å². The third-order valence-corrected chi connectivity index (χ3v) is 3.24. The lowest BCUT2D eigenvalue weighted by molar-refractivity contribution is 0.262. The SMILES string of the molecule is CCCCCCCN1CCCC1C. The third-order valence-electron chi connectivity index (χ3n) is 3.24. The summed E-state index contributed by atoms with van der Waals surface area (Å²) in [6, 6.07) is 0.867. The average molecular weight is 183 g/mol. The van der Waals surface area contributed by atoms with Gasteiger partial charge in [0, 0.05) is 6.04 Å². The molecule has 0 aromatic heterocycles. The minimum Gasteiger partial charge on any atom is -0.301 e. The van der Waals surface area contributed by atoms with Gasteiger partial charge in [0.15, 0.2) is 0 Å². The fraction of sp³-hybridized carbons (Fsp3) is 1.00. The van der Waals surface area contributed by atoms with E-state index < -0.39 is 0 Å². The lowest BCUT2D eigenvalue weighted by Gasteiger charge is -2.20. The van der Waals surface area contributed by atoms with Crippen molar-refractivity contribution in [3.63, 3.8) is 0 Å². The van der Waals surface area contributed by atoms with Crippen LogP contribution in [0.5, 0.6) is 0 Å². The highest BCUT2D eigenvalue weighted by atomic mass is 15.2. The zero-order chi connectivity index (χ0) is 9.52. The first-order valence-electron chi connectivity index (χ1n) is 6.08. The molecule has 13 heavy (non-hydrogen) atoms. The molecule has 0 spiro atoms. The molecule has 1 saturated heterocycles. The van der Waals surface area contributed by atoms with Crippen LogP contribution in [0.1, 0.15) is 58.8 Å². The van der Waals surface area contributed by atoms with Crippen LogP contribution in [0.2, 0.25) is 0 Å². The van der Waals surface area contributed by atoms with Gasteiger partial charge in [-0.05, 0) is 39.3 Å². The minimum absolute atomic E-state index is 0.867. The second-order valence-electron chi connectivity index (χ2n) is 4.44. The van der Waals surface area contributed by atoms with Crippen LogP contribution < -0.4 is 0 Å². The Balaban J connectivity index is 1.93. The Morgan fingerprint density at radius 1 is 1.15 bits per heavy atom. The molecule has 1 fully saturated rings. The molecule has 1 nitrogen and oxygen atoms in total. The fourth-order valence-corrected chi connectivity index (χ4v) is 2.24. The molecule has 1 aliphatic heterocycles. The van der Waals surface area contributed by atoms with Gasteiger partial charge < -0.3 is 4.90 Å². The van der Waals surface area contributed by atoms with E-state index in [0.29, 0.717) is 0 Å². The van der Waals surface area contributed by atoms with Gasteiger partial charge in [-0.1, -0.05) is 32.6 Å². The van der Waals surface area contributed by atoms with Gasteiger partial charge in [-0.3, -0.25) is 0 Å². The van der Waals surface area contributed by atoms with Crippen LogP contribution in [0.25, 0.3) is 0 Å². The van der Waals surface area contributed by atoms with Crippen LogP contribution in [-0.4, -0.2) is 24.0 Å². The van der Waals surface area contributed by atoms with E-state index in [1.165, 1.54) is 58.0 Å². The van der Waals surface area contributed by atoms with E-state index in [1.54, 1.807) is 0 Å².